The molecule has 0 saturated carbocycles. The van der Waals surface area contributed by atoms with Crippen molar-refractivity contribution >= 4 is 52.4 Å². The second-order valence-corrected chi connectivity index (χ2v) is 7.56. The molecule has 160 valence electrons. The number of halogens is 1. The van der Waals surface area contributed by atoms with E-state index in [2.05, 4.69) is 20.6 Å². The van der Waals surface area contributed by atoms with E-state index in [0.29, 0.717) is 22.0 Å². The predicted molar refractivity (Wildman–Crippen MR) is 121 cm³/mol. The number of ether oxygens (including phenoxy) is 1. The molecule has 31 heavy (non-hydrogen) atoms. The molecule has 0 bridgehead atoms. The normalized spacial score (nSPS) is 10.4. The lowest BCUT2D eigenvalue weighted by molar-refractivity contribution is -0.113. The van der Waals surface area contributed by atoms with Crippen LogP contribution >= 0.6 is 23.4 Å². The van der Waals surface area contributed by atoms with Gasteiger partial charge in [0, 0.05) is 16.3 Å². The number of anilines is 3. The van der Waals surface area contributed by atoms with Crippen LogP contribution in [0.2, 0.25) is 5.02 Å². The van der Waals surface area contributed by atoms with Crippen molar-refractivity contribution in [2.24, 2.45) is 0 Å². The smallest absolute Gasteiger partial charge is 0.277 e. The summed E-state index contributed by atoms with van der Waals surface area (Å²) in [6, 6.07) is 13.0. The highest BCUT2D eigenvalue weighted by molar-refractivity contribution is 7.99. The maximum atomic E-state index is 12.3. The number of benzene rings is 2. The zero-order valence-electron chi connectivity index (χ0n) is 16.3. The molecule has 2 amide bonds. The van der Waals surface area contributed by atoms with Crippen LogP contribution in [0.1, 0.15) is 10.4 Å². The van der Waals surface area contributed by atoms with Gasteiger partial charge >= 0.3 is 0 Å². The quantitative estimate of drug-likeness (QED) is 0.314. The van der Waals surface area contributed by atoms with Crippen molar-refractivity contribution < 1.29 is 14.3 Å². The molecule has 0 aliphatic rings. The number of amides is 2. The monoisotopic (exact) mass is 459 g/mol. The Hall–Kier alpha value is -3.50. The number of hydrogen-bond acceptors (Lipinski definition) is 7. The Kier molecular flexibility index (Phi) is 7.16. The van der Waals surface area contributed by atoms with Crippen molar-refractivity contribution in [3.63, 3.8) is 0 Å². The molecule has 0 fully saturated rings. The molecule has 0 aliphatic heterocycles. The van der Waals surface area contributed by atoms with Crippen LogP contribution in [0.25, 0.3) is 0 Å². The Morgan fingerprint density at radius 1 is 1.13 bits per heavy atom. The first-order valence-electron chi connectivity index (χ1n) is 8.89. The number of nitrogens with one attached hydrogen (secondary N) is 3. The number of aromatic amines is 1. The molecule has 9 nitrogen and oxygen atoms in total. The minimum atomic E-state index is -0.632. The van der Waals surface area contributed by atoms with Crippen LogP contribution < -0.4 is 26.7 Å². The van der Waals surface area contributed by atoms with E-state index in [0.717, 1.165) is 11.8 Å². The molecule has 11 heteroatoms. The van der Waals surface area contributed by atoms with Gasteiger partial charge < -0.3 is 21.1 Å². The van der Waals surface area contributed by atoms with Gasteiger partial charge in [-0.2, -0.15) is 0 Å². The summed E-state index contributed by atoms with van der Waals surface area (Å²) in [5.74, 6) is -0.325. The largest absolute Gasteiger partial charge is 0.497 e. The number of H-pyrrole nitrogens is 1. The van der Waals surface area contributed by atoms with Crippen molar-refractivity contribution in [2.45, 2.75) is 5.16 Å². The molecule has 0 spiro atoms. The van der Waals surface area contributed by atoms with E-state index in [1.54, 1.807) is 43.5 Å². The van der Waals surface area contributed by atoms with E-state index >= 15 is 0 Å². The molecular formula is C20H18ClN5O4S. The highest BCUT2D eigenvalue weighted by Gasteiger charge is 2.15. The first-order chi connectivity index (χ1) is 14.9. The summed E-state index contributed by atoms with van der Waals surface area (Å²) < 4.78 is 5.06. The van der Waals surface area contributed by atoms with Gasteiger partial charge in [-0.3, -0.25) is 19.4 Å². The van der Waals surface area contributed by atoms with Gasteiger partial charge in [-0.25, -0.2) is 4.98 Å². The first-order valence-corrected chi connectivity index (χ1v) is 10.3. The van der Waals surface area contributed by atoms with E-state index in [1.165, 1.54) is 12.1 Å². The number of carbonyl (C=O) groups excluding carboxylic acids is 2. The SMILES string of the molecule is COc1ccc(NC(=O)CSc2nc(N)c(NC(=O)c3ccc(Cl)cc3)c(=O)[nH]2)cc1. The van der Waals surface area contributed by atoms with E-state index in [-0.39, 0.29) is 28.3 Å². The van der Waals surface area contributed by atoms with E-state index < -0.39 is 11.5 Å². The van der Waals surface area contributed by atoms with Crippen LogP contribution in [-0.4, -0.2) is 34.6 Å². The average Bonchev–Trinajstić information content (AvgIpc) is 2.75. The van der Waals surface area contributed by atoms with E-state index in [9.17, 15) is 14.4 Å². The number of nitrogens with zero attached hydrogens (tertiary/aromatic N) is 1. The zero-order chi connectivity index (χ0) is 22.4. The molecule has 0 saturated heterocycles. The van der Waals surface area contributed by atoms with Gasteiger partial charge in [0.15, 0.2) is 11.0 Å². The molecule has 1 heterocycles. The fourth-order valence-electron chi connectivity index (χ4n) is 2.45. The van der Waals surface area contributed by atoms with Crippen LogP contribution in [0.3, 0.4) is 0 Å². The lowest BCUT2D eigenvalue weighted by Gasteiger charge is -2.09. The summed E-state index contributed by atoms with van der Waals surface area (Å²) in [4.78, 5) is 43.3. The molecule has 0 radical (unpaired) electrons. The second kappa shape index (κ2) is 10.0. The summed E-state index contributed by atoms with van der Waals surface area (Å²) in [5, 5.41) is 5.79. The zero-order valence-corrected chi connectivity index (χ0v) is 17.8. The molecule has 5 N–H and O–H groups in total. The molecular weight excluding hydrogens is 442 g/mol. The number of carbonyl (C=O) groups is 2. The van der Waals surface area contributed by atoms with Crippen LogP contribution in [-0.2, 0) is 4.79 Å². The Bertz CT molecular complexity index is 1150. The van der Waals surface area contributed by atoms with Crippen molar-refractivity contribution in [1.82, 2.24) is 9.97 Å². The minimum absolute atomic E-state index is 0.00904. The van der Waals surface area contributed by atoms with Gasteiger partial charge in [0.25, 0.3) is 11.5 Å². The van der Waals surface area contributed by atoms with Crippen molar-refractivity contribution in [3.8, 4) is 5.75 Å². The number of nitrogen functional groups attached to an aromatic ring is 1. The van der Waals surface area contributed by atoms with Crippen molar-refractivity contribution in [3.05, 3.63) is 69.5 Å². The molecule has 1 aromatic heterocycles. The third-order valence-corrected chi connectivity index (χ3v) is 5.11. The molecule has 3 rings (SSSR count). The fraction of sp³-hybridized carbons (Fsp3) is 0.100. The third kappa shape index (κ3) is 6.00. The lowest BCUT2D eigenvalue weighted by Crippen LogP contribution is -2.23. The number of methoxy groups -OCH3 is 1. The minimum Gasteiger partial charge on any atom is -0.497 e. The predicted octanol–water partition coefficient (Wildman–Crippen LogP) is 3.00. The topological polar surface area (TPSA) is 139 Å². The number of nitrogens with two attached hydrogens (primary N) is 1. The molecule has 0 aliphatic carbocycles. The van der Waals surface area contributed by atoms with Gasteiger partial charge in [0.05, 0.1) is 12.9 Å². The highest BCUT2D eigenvalue weighted by atomic mass is 35.5. The second-order valence-electron chi connectivity index (χ2n) is 6.16. The van der Waals surface area contributed by atoms with Crippen molar-refractivity contribution in [1.29, 1.82) is 0 Å². The Morgan fingerprint density at radius 2 is 1.81 bits per heavy atom. The summed E-state index contributed by atoms with van der Waals surface area (Å²) in [6.45, 7) is 0. The number of hydrogen-bond donors (Lipinski definition) is 4. The first kappa shape index (κ1) is 22.2. The highest BCUT2D eigenvalue weighted by Crippen LogP contribution is 2.19. The standard InChI is InChI=1S/C20H18ClN5O4S/c1-30-14-8-6-13(7-9-14)23-15(27)10-31-20-25-17(22)16(19(29)26-20)24-18(28)11-2-4-12(21)5-3-11/h2-9H,10H2,1H3,(H,23,27)(H,24,28)(H3,22,25,26,29). The Labute approximate surface area is 186 Å². The lowest BCUT2D eigenvalue weighted by atomic mass is 10.2. The van der Waals surface area contributed by atoms with Crippen LogP contribution in [0.4, 0.5) is 17.2 Å². The Morgan fingerprint density at radius 3 is 2.42 bits per heavy atom. The van der Waals surface area contributed by atoms with Gasteiger partial charge in [0.2, 0.25) is 5.91 Å². The molecule has 0 unspecified atom stereocenters. The maximum Gasteiger partial charge on any atom is 0.277 e. The number of thioether (sulfide) groups is 1. The summed E-state index contributed by atoms with van der Waals surface area (Å²) >= 11 is 6.80. The maximum absolute atomic E-state index is 12.3. The van der Waals surface area contributed by atoms with Crippen LogP contribution in [0, 0.1) is 0 Å². The molecule has 3 aromatic rings. The van der Waals surface area contributed by atoms with E-state index in [4.69, 9.17) is 22.1 Å². The van der Waals surface area contributed by atoms with E-state index in [1.807, 2.05) is 0 Å². The van der Waals surface area contributed by atoms with Gasteiger partial charge in [-0.05, 0) is 48.5 Å². The summed E-state index contributed by atoms with van der Waals surface area (Å²) in [6.07, 6.45) is 0. The number of aromatic nitrogens is 2. The fourth-order valence-corrected chi connectivity index (χ4v) is 3.24. The van der Waals surface area contributed by atoms with Crippen LogP contribution in [0.15, 0.2) is 58.5 Å². The van der Waals surface area contributed by atoms with Gasteiger partial charge in [0.1, 0.15) is 11.4 Å². The molecule has 0 atom stereocenters. The average molecular weight is 460 g/mol. The number of rotatable bonds is 7. The molecule has 2 aromatic carbocycles. The van der Waals surface area contributed by atoms with Gasteiger partial charge in [-0.15, -0.1) is 0 Å². The van der Waals surface area contributed by atoms with Crippen LogP contribution in [0.5, 0.6) is 5.75 Å². The van der Waals surface area contributed by atoms with Gasteiger partial charge in [-0.1, -0.05) is 23.4 Å². The third-order valence-electron chi connectivity index (χ3n) is 3.98. The summed E-state index contributed by atoms with van der Waals surface area (Å²) in [5.41, 5.74) is 5.94. The summed E-state index contributed by atoms with van der Waals surface area (Å²) in [7, 11) is 1.55. The Balaban J connectivity index is 1.61. The van der Waals surface area contributed by atoms with Crippen molar-refractivity contribution in [2.75, 3.05) is 29.2 Å².